The minimum Gasteiger partial charge on any atom is -0.493 e. The standard InChI is InChI=1S/C24H19ClFN3O4S/c1-32-20-10-7-14(11-21(20)33-2)27-22(30)13-34-24-28-19-6-4-3-5-16(19)23(31)29(24)15-8-9-18(26)17(25)12-15/h3-12H,13H2,1-2H3,(H,27,30). The Morgan fingerprint density at radius 3 is 2.59 bits per heavy atom. The lowest BCUT2D eigenvalue weighted by Crippen LogP contribution is -2.23. The van der Waals surface area contributed by atoms with Gasteiger partial charge in [0.05, 0.1) is 41.6 Å². The number of anilines is 1. The number of hydrogen-bond donors (Lipinski definition) is 1. The lowest BCUT2D eigenvalue weighted by molar-refractivity contribution is -0.113. The highest BCUT2D eigenvalue weighted by atomic mass is 35.5. The van der Waals surface area contributed by atoms with Crippen LogP contribution < -0.4 is 20.3 Å². The van der Waals surface area contributed by atoms with Crippen molar-refractivity contribution in [1.29, 1.82) is 0 Å². The summed E-state index contributed by atoms with van der Waals surface area (Å²) in [6, 6.07) is 15.9. The maximum absolute atomic E-state index is 13.7. The van der Waals surface area contributed by atoms with Crippen molar-refractivity contribution < 1.29 is 18.7 Å². The number of methoxy groups -OCH3 is 2. The third-order valence-corrected chi connectivity index (χ3v) is 6.13. The zero-order valence-electron chi connectivity index (χ0n) is 18.2. The largest absolute Gasteiger partial charge is 0.493 e. The summed E-state index contributed by atoms with van der Waals surface area (Å²) in [5, 5.41) is 3.32. The number of thioether (sulfide) groups is 1. The minimum absolute atomic E-state index is 0.0337. The number of rotatable bonds is 7. The van der Waals surface area contributed by atoms with Gasteiger partial charge in [0.15, 0.2) is 16.7 Å². The first-order chi connectivity index (χ1) is 16.4. The van der Waals surface area contributed by atoms with Crippen LogP contribution in [0.1, 0.15) is 0 Å². The molecular weight excluding hydrogens is 481 g/mol. The van der Waals surface area contributed by atoms with Crippen LogP contribution in [0, 0.1) is 5.82 Å². The van der Waals surface area contributed by atoms with Crippen molar-refractivity contribution in [3.05, 3.63) is 81.9 Å². The highest BCUT2D eigenvalue weighted by Crippen LogP contribution is 2.30. The Bertz CT molecular complexity index is 1440. The molecule has 0 spiro atoms. The van der Waals surface area contributed by atoms with Gasteiger partial charge in [-0.3, -0.25) is 14.2 Å². The predicted molar refractivity (Wildman–Crippen MR) is 131 cm³/mol. The van der Waals surface area contributed by atoms with Gasteiger partial charge < -0.3 is 14.8 Å². The molecule has 4 aromatic rings. The van der Waals surface area contributed by atoms with Crippen LogP contribution in [0.5, 0.6) is 11.5 Å². The van der Waals surface area contributed by atoms with E-state index in [9.17, 15) is 14.0 Å². The Hall–Kier alpha value is -3.56. The number of para-hydroxylation sites is 1. The first kappa shape index (κ1) is 23.6. The SMILES string of the molecule is COc1ccc(NC(=O)CSc2nc3ccccc3c(=O)n2-c2ccc(F)c(Cl)c2)cc1OC. The van der Waals surface area contributed by atoms with Gasteiger partial charge in [0, 0.05) is 11.8 Å². The molecule has 34 heavy (non-hydrogen) atoms. The molecule has 0 aliphatic carbocycles. The van der Waals surface area contributed by atoms with Gasteiger partial charge in [-0.2, -0.15) is 0 Å². The number of carbonyl (C=O) groups is 1. The molecule has 174 valence electrons. The van der Waals surface area contributed by atoms with E-state index in [2.05, 4.69) is 10.3 Å². The molecule has 0 atom stereocenters. The van der Waals surface area contributed by atoms with Crippen molar-refractivity contribution in [3.8, 4) is 17.2 Å². The van der Waals surface area contributed by atoms with E-state index in [0.29, 0.717) is 33.8 Å². The topological polar surface area (TPSA) is 82.5 Å². The van der Waals surface area contributed by atoms with Crippen molar-refractivity contribution in [1.82, 2.24) is 9.55 Å². The van der Waals surface area contributed by atoms with E-state index < -0.39 is 5.82 Å². The molecular formula is C24H19ClFN3O4S. The Morgan fingerprint density at radius 1 is 1.09 bits per heavy atom. The lowest BCUT2D eigenvalue weighted by Gasteiger charge is -2.14. The quantitative estimate of drug-likeness (QED) is 0.287. The Morgan fingerprint density at radius 2 is 1.85 bits per heavy atom. The number of fused-ring (bicyclic) bond motifs is 1. The summed E-state index contributed by atoms with van der Waals surface area (Å²) >= 11 is 7.02. The number of hydrogen-bond acceptors (Lipinski definition) is 6. The second-order valence-electron chi connectivity index (χ2n) is 7.06. The van der Waals surface area contributed by atoms with Crippen LogP contribution in [0.25, 0.3) is 16.6 Å². The van der Waals surface area contributed by atoms with Gasteiger partial charge in [-0.05, 0) is 42.5 Å². The molecule has 0 aliphatic heterocycles. The number of aromatic nitrogens is 2. The van der Waals surface area contributed by atoms with Gasteiger partial charge in [0.1, 0.15) is 5.82 Å². The molecule has 1 N–H and O–H groups in total. The van der Waals surface area contributed by atoms with Gasteiger partial charge in [-0.1, -0.05) is 35.5 Å². The van der Waals surface area contributed by atoms with Crippen LogP contribution in [-0.4, -0.2) is 35.4 Å². The van der Waals surface area contributed by atoms with Crippen molar-refractivity contribution in [2.45, 2.75) is 5.16 Å². The molecule has 0 fully saturated rings. The Labute approximate surface area is 203 Å². The number of nitrogens with one attached hydrogen (secondary N) is 1. The van der Waals surface area contributed by atoms with E-state index >= 15 is 0 Å². The van der Waals surface area contributed by atoms with Crippen LogP contribution in [0.2, 0.25) is 5.02 Å². The number of amides is 1. The summed E-state index contributed by atoms with van der Waals surface area (Å²) in [7, 11) is 3.03. The van der Waals surface area contributed by atoms with Crippen LogP contribution in [-0.2, 0) is 4.79 Å². The molecule has 1 aromatic heterocycles. The van der Waals surface area contributed by atoms with Crippen molar-refractivity contribution in [2.75, 3.05) is 25.3 Å². The van der Waals surface area contributed by atoms with E-state index in [4.69, 9.17) is 21.1 Å². The average molecular weight is 500 g/mol. The molecule has 0 aliphatic rings. The third-order valence-electron chi connectivity index (χ3n) is 4.91. The minimum atomic E-state index is -0.601. The van der Waals surface area contributed by atoms with Gasteiger partial charge in [0.25, 0.3) is 5.56 Å². The molecule has 1 amide bonds. The highest BCUT2D eigenvalue weighted by molar-refractivity contribution is 7.99. The summed E-state index contributed by atoms with van der Waals surface area (Å²) in [6.45, 7) is 0. The number of benzene rings is 3. The summed E-state index contributed by atoms with van der Waals surface area (Å²) in [5.74, 6) is 0.0658. The van der Waals surface area contributed by atoms with Crippen LogP contribution in [0.15, 0.2) is 70.6 Å². The maximum Gasteiger partial charge on any atom is 0.266 e. The highest BCUT2D eigenvalue weighted by Gasteiger charge is 2.16. The van der Waals surface area contributed by atoms with Crippen molar-refractivity contribution in [2.24, 2.45) is 0 Å². The van der Waals surface area contributed by atoms with E-state index in [-0.39, 0.29) is 27.4 Å². The number of halogens is 2. The van der Waals surface area contributed by atoms with Gasteiger partial charge in [-0.25, -0.2) is 9.37 Å². The zero-order chi connectivity index (χ0) is 24.2. The molecule has 10 heteroatoms. The average Bonchev–Trinajstić information content (AvgIpc) is 2.84. The second kappa shape index (κ2) is 10.1. The van der Waals surface area contributed by atoms with Gasteiger partial charge in [-0.15, -0.1) is 0 Å². The fraction of sp³-hybridized carbons (Fsp3) is 0.125. The predicted octanol–water partition coefficient (Wildman–Crippen LogP) is 4.93. The summed E-state index contributed by atoms with van der Waals surface area (Å²) in [5.41, 5.74) is 1.01. The Kier molecular flexibility index (Phi) is 7.04. The summed E-state index contributed by atoms with van der Waals surface area (Å²) in [4.78, 5) is 30.5. The Balaban J connectivity index is 1.64. The number of nitrogens with zero attached hydrogens (tertiary/aromatic N) is 2. The van der Waals surface area contributed by atoms with Crippen LogP contribution in [0.3, 0.4) is 0 Å². The number of carbonyl (C=O) groups excluding carboxylic acids is 1. The molecule has 0 saturated carbocycles. The molecule has 3 aromatic carbocycles. The second-order valence-corrected chi connectivity index (χ2v) is 8.41. The number of ether oxygens (including phenoxy) is 2. The first-order valence-electron chi connectivity index (χ1n) is 10.0. The normalized spacial score (nSPS) is 10.8. The first-order valence-corrected chi connectivity index (χ1v) is 11.4. The van der Waals surface area contributed by atoms with Gasteiger partial charge in [0.2, 0.25) is 5.91 Å². The molecule has 0 bridgehead atoms. The van der Waals surface area contributed by atoms with Gasteiger partial charge >= 0.3 is 0 Å². The molecule has 0 unspecified atom stereocenters. The van der Waals surface area contributed by atoms with E-state index in [1.807, 2.05) is 0 Å². The van der Waals surface area contributed by atoms with Crippen molar-refractivity contribution in [3.63, 3.8) is 0 Å². The van der Waals surface area contributed by atoms with E-state index in [0.717, 1.165) is 11.8 Å². The fourth-order valence-electron chi connectivity index (χ4n) is 3.30. The van der Waals surface area contributed by atoms with Crippen LogP contribution >= 0.6 is 23.4 Å². The van der Waals surface area contributed by atoms with Crippen LogP contribution in [0.4, 0.5) is 10.1 Å². The van der Waals surface area contributed by atoms with E-state index in [1.54, 1.807) is 42.5 Å². The zero-order valence-corrected chi connectivity index (χ0v) is 19.7. The molecule has 1 heterocycles. The lowest BCUT2D eigenvalue weighted by atomic mass is 10.2. The van der Waals surface area contributed by atoms with E-state index in [1.165, 1.54) is 37.0 Å². The smallest absolute Gasteiger partial charge is 0.266 e. The molecule has 4 rings (SSSR count). The maximum atomic E-state index is 13.7. The monoisotopic (exact) mass is 499 g/mol. The third kappa shape index (κ3) is 4.85. The molecule has 7 nitrogen and oxygen atoms in total. The van der Waals surface area contributed by atoms with Crippen molar-refractivity contribution >= 4 is 45.9 Å². The fourth-order valence-corrected chi connectivity index (χ4v) is 4.29. The molecule has 0 saturated heterocycles. The molecule has 0 radical (unpaired) electrons. The summed E-state index contributed by atoms with van der Waals surface area (Å²) in [6.07, 6.45) is 0. The summed E-state index contributed by atoms with van der Waals surface area (Å²) < 4.78 is 25.5.